The van der Waals surface area contributed by atoms with E-state index in [1.165, 1.54) is 12.1 Å². The van der Waals surface area contributed by atoms with Gasteiger partial charge in [-0.05, 0) is 37.1 Å². The fraction of sp³-hybridized carbons (Fsp3) is 0.556. The second-order valence-corrected chi connectivity index (χ2v) is 6.03. The van der Waals surface area contributed by atoms with Gasteiger partial charge in [0.15, 0.2) is 0 Å². The molecule has 140 valence electrons. The predicted octanol–water partition coefficient (Wildman–Crippen LogP) is 5.44. The van der Waals surface area contributed by atoms with Crippen molar-refractivity contribution in [3.63, 3.8) is 0 Å². The van der Waals surface area contributed by atoms with Gasteiger partial charge in [0.05, 0.1) is 13.2 Å². The molecule has 0 unspecified atom stereocenters. The SMILES string of the molecule is O=C(Cl)OCCCCCCCCCCOC(=O)Nc1ccc(O)cc1. The Morgan fingerprint density at radius 1 is 0.840 bits per heavy atom. The smallest absolute Gasteiger partial charge is 0.411 e. The maximum Gasteiger partial charge on any atom is 0.411 e. The number of phenolic OH excluding ortho intramolecular Hbond substituents is 1. The molecule has 0 saturated carbocycles. The number of aromatic hydroxyl groups is 1. The lowest BCUT2D eigenvalue weighted by Crippen LogP contribution is -2.14. The van der Waals surface area contributed by atoms with Crippen LogP contribution in [-0.2, 0) is 9.47 Å². The Bertz CT molecular complexity index is 507. The molecule has 1 amide bonds. The van der Waals surface area contributed by atoms with Crippen LogP contribution in [0.15, 0.2) is 24.3 Å². The van der Waals surface area contributed by atoms with Gasteiger partial charge < -0.3 is 14.6 Å². The van der Waals surface area contributed by atoms with Crippen LogP contribution in [0.3, 0.4) is 0 Å². The molecule has 2 N–H and O–H groups in total. The molecule has 0 aliphatic carbocycles. The van der Waals surface area contributed by atoms with Gasteiger partial charge in [-0.3, -0.25) is 5.32 Å². The van der Waals surface area contributed by atoms with Crippen LogP contribution in [0.2, 0.25) is 0 Å². The van der Waals surface area contributed by atoms with E-state index in [2.05, 4.69) is 10.1 Å². The van der Waals surface area contributed by atoms with Crippen LogP contribution in [0.4, 0.5) is 15.3 Å². The summed E-state index contributed by atoms with van der Waals surface area (Å²) in [6.07, 6.45) is 7.79. The summed E-state index contributed by atoms with van der Waals surface area (Å²) in [6.45, 7) is 0.791. The number of ether oxygens (including phenoxy) is 2. The van der Waals surface area contributed by atoms with Crippen LogP contribution in [0.5, 0.6) is 5.75 Å². The summed E-state index contributed by atoms with van der Waals surface area (Å²) in [5.41, 5.74) is -0.150. The largest absolute Gasteiger partial charge is 0.508 e. The van der Waals surface area contributed by atoms with Gasteiger partial charge >= 0.3 is 11.5 Å². The summed E-state index contributed by atoms with van der Waals surface area (Å²) in [7, 11) is 0. The molecule has 0 saturated heterocycles. The maximum atomic E-state index is 11.6. The van der Waals surface area contributed by atoms with E-state index in [9.17, 15) is 9.59 Å². The number of carbonyl (C=O) groups is 2. The van der Waals surface area contributed by atoms with Gasteiger partial charge in [0.1, 0.15) is 5.75 Å². The van der Waals surface area contributed by atoms with E-state index in [1.54, 1.807) is 12.1 Å². The second-order valence-electron chi connectivity index (χ2n) is 5.72. The topological polar surface area (TPSA) is 84.9 Å². The summed E-state index contributed by atoms with van der Waals surface area (Å²) in [5.74, 6) is 0.151. The molecule has 0 spiro atoms. The van der Waals surface area contributed by atoms with Crippen LogP contribution in [-0.4, -0.2) is 29.8 Å². The molecule has 0 aromatic heterocycles. The third-order valence-corrected chi connectivity index (χ3v) is 3.71. The van der Waals surface area contributed by atoms with Crippen LogP contribution in [0, 0.1) is 0 Å². The lowest BCUT2D eigenvalue weighted by molar-refractivity contribution is 0.159. The first-order chi connectivity index (χ1) is 12.1. The third kappa shape index (κ3) is 12.1. The highest BCUT2D eigenvalue weighted by atomic mass is 35.5. The van der Waals surface area contributed by atoms with Crippen molar-refractivity contribution in [1.82, 2.24) is 0 Å². The summed E-state index contributed by atoms with van der Waals surface area (Å²) >= 11 is 5.06. The van der Waals surface area contributed by atoms with Crippen molar-refractivity contribution in [2.75, 3.05) is 18.5 Å². The van der Waals surface area contributed by atoms with E-state index < -0.39 is 11.5 Å². The number of anilines is 1. The highest BCUT2D eigenvalue weighted by molar-refractivity contribution is 6.61. The zero-order chi connectivity index (χ0) is 18.3. The Hall–Kier alpha value is -1.95. The Kier molecular flexibility index (Phi) is 11.3. The average molecular weight is 372 g/mol. The van der Waals surface area contributed by atoms with Gasteiger partial charge in [-0.15, -0.1) is 0 Å². The highest BCUT2D eigenvalue weighted by Crippen LogP contribution is 2.14. The first-order valence-corrected chi connectivity index (χ1v) is 9.01. The fourth-order valence-electron chi connectivity index (χ4n) is 2.28. The summed E-state index contributed by atoms with van der Waals surface area (Å²) in [6, 6.07) is 6.21. The zero-order valence-corrected chi connectivity index (χ0v) is 15.1. The van der Waals surface area contributed by atoms with E-state index in [1.807, 2.05) is 0 Å². The molecule has 0 bridgehead atoms. The van der Waals surface area contributed by atoms with E-state index in [4.69, 9.17) is 21.4 Å². The molecular formula is C18H26ClNO5. The fourth-order valence-corrected chi connectivity index (χ4v) is 2.36. The monoisotopic (exact) mass is 371 g/mol. The van der Waals surface area contributed by atoms with E-state index in [0.717, 1.165) is 51.4 Å². The van der Waals surface area contributed by atoms with Gasteiger partial charge in [-0.25, -0.2) is 9.59 Å². The van der Waals surface area contributed by atoms with Gasteiger partial charge in [0.2, 0.25) is 0 Å². The van der Waals surface area contributed by atoms with Crippen molar-refractivity contribution < 1.29 is 24.2 Å². The Morgan fingerprint density at radius 2 is 1.32 bits per heavy atom. The molecule has 1 rings (SSSR count). The van der Waals surface area contributed by atoms with Gasteiger partial charge in [-0.2, -0.15) is 0 Å². The van der Waals surface area contributed by atoms with Crippen LogP contribution in [0.25, 0.3) is 0 Å². The minimum Gasteiger partial charge on any atom is -0.508 e. The van der Waals surface area contributed by atoms with Gasteiger partial charge in [0.25, 0.3) is 0 Å². The molecule has 0 atom stereocenters. The van der Waals surface area contributed by atoms with Crippen molar-refractivity contribution in [1.29, 1.82) is 0 Å². The first kappa shape index (κ1) is 21.1. The van der Waals surface area contributed by atoms with Crippen molar-refractivity contribution >= 4 is 28.8 Å². The first-order valence-electron chi connectivity index (χ1n) is 8.63. The summed E-state index contributed by atoms with van der Waals surface area (Å²) < 4.78 is 9.75. The minimum atomic E-state index is -0.737. The van der Waals surface area contributed by atoms with Crippen LogP contribution >= 0.6 is 11.6 Å². The lowest BCUT2D eigenvalue weighted by Gasteiger charge is -2.07. The van der Waals surface area contributed by atoms with Crippen molar-refractivity contribution in [2.45, 2.75) is 51.4 Å². The van der Waals surface area contributed by atoms with E-state index >= 15 is 0 Å². The molecule has 0 aliphatic rings. The number of benzene rings is 1. The second kappa shape index (κ2) is 13.4. The molecule has 6 nitrogen and oxygen atoms in total. The summed E-state index contributed by atoms with van der Waals surface area (Å²) in [5, 5.41) is 11.8. The number of amides is 1. The average Bonchev–Trinajstić information content (AvgIpc) is 2.57. The molecule has 7 heteroatoms. The van der Waals surface area contributed by atoms with Gasteiger partial charge in [0, 0.05) is 17.3 Å². The molecule has 1 aromatic carbocycles. The van der Waals surface area contributed by atoms with Gasteiger partial charge in [-0.1, -0.05) is 38.5 Å². The number of rotatable bonds is 12. The van der Waals surface area contributed by atoms with E-state index in [0.29, 0.717) is 18.9 Å². The number of phenols is 1. The van der Waals surface area contributed by atoms with Crippen molar-refractivity contribution in [2.24, 2.45) is 0 Å². The Labute approximate surface area is 153 Å². The number of nitrogens with one attached hydrogen (secondary N) is 1. The van der Waals surface area contributed by atoms with E-state index in [-0.39, 0.29) is 5.75 Å². The molecule has 1 aromatic rings. The number of halogens is 1. The normalized spacial score (nSPS) is 10.3. The van der Waals surface area contributed by atoms with Crippen LogP contribution < -0.4 is 5.32 Å². The summed E-state index contributed by atoms with van der Waals surface area (Å²) in [4.78, 5) is 21.9. The van der Waals surface area contributed by atoms with Crippen molar-refractivity contribution in [3.05, 3.63) is 24.3 Å². The quantitative estimate of drug-likeness (QED) is 0.290. The number of hydrogen-bond donors (Lipinski definition) is 2. The molecule has 0 fully saturated rings. The maximum absolute atomic E-state index is 11.6. The lowest BCUT2D eigenvalue weighted by atomic mass is 10.1. The minimum absolute atomic E-state index is 0.151. The van der Waals surface area contributed by atoms with Crippen molar-refractivity contribution in [3.8, 4) is 5.75 Å². The number of hydrogen-bond acceptors (Lipinski definition) is 5. The standard InChI is InChI=1S/C18H26ClNO5/c19-17(22)24-13-7-5-3-1-2-4-6-8-14-25-18(23)20-15-9-11-16(21)12-10-15/h9-12,21H,1-8,13-14H2,(H,20,23). The molecule has 0 heterocycles. The zero-order valence-electron chi connectivity index (χ0n) is 14.3. The predicted molar refractivity (Wildman–Crippen MR) is 97.2 cm³/mol. The number of unbranched alkanes of at least 4 members (excludes halogenated alkanes) is 7. The van der Waals surface area contributed by atoms with Crippen LogP contribution in [0.1, 0.15) is 51.4 Å². The molecule has 0 radical (unpaired) electrons. The number of carbonyl (C=O) groups excluding carboxylic acids is 2. The highest BCUT2D eigenvalue weighted by Gasteiger charge is 2.03. The Morgan fingerprint density at radius 3 is 1.84 bits per heavy atom. The third-order valence-electron chi connectivity index (χ3n) is 3.60. The molecule has 0 aliphatic heterocycles. The molecule has 25 heavy (non-hydrogen) atoms. The molecular weight excluding hydrogens is 346 g/mol. The Balaban J connectivity index is 1.87.